The van der Waals surface area contributed by atoms with Gasteiger partial charge in [-0.2, -0.15) is 0 Å². The summed E-state index contributed by atoms with van der Waals surface area (Å²) >= 11 is 0. The molecule has 0 bridgehead atoms. The Bertz CT molecular complexity index is 337. The molecule has 1 aromatic carbocycles. The molecule has 0 saturated carbocycles. The number of hydrogen-bond acceptors (Lipinski definition) is 3. The highest BCUT2D eigenvalue weighted by Gasteiger charge is 2.08. The van der Waals surface area contributed by atoms with Gasteiger partial charge < -0.3 is 11.1 Å². The van der Waals surface area contributed by atoms with Crippen LogP contribution in [0.1, 0.15) is 20.7 Å². The number of benzene rings is 1. The van der Waals surface area contributed by atoms with E-state index in [-0.39, 0.29) is 5.91 Å². The van der Waals surface area contributed by atoms with E-state index in [9.17, 15) is 9.59 Å². The van der Waals surface area contributed by atoms with Gasteiger partial charge in [0.25, 0.3) is 5.91 Å². The van der Waals surface area contributed by atoms with Gasteiger partial charge in [0, 0.05) is 24.2 Å². The zero-order valence-corrected chi connectivity index (χ0v) is 7.69. The molecule has 0 saturated heterocycles. The Morgan fingerprint density at radius 3 is 2.79 bits per heavy atom. The topological polar surface area (TPSA) is 72.2 Å². The highest BCUT2D eigenvalue weighted by atomic mass is 16.1. The second kappa shape index (κ2) is 5.14. The van der Waals surface area contributed by atoms with Crippen LogP contribution in [0, 0.1) is 0 Å². The summed E-state index contributed by atoms with van der Waals surface area (Å²) in [5.74, 6) is -0.266. The van der Waals surface area contributed by atoms with Crippen LogP contribution in [-0.2, 0) is 0 Å². The molecule has 1 rings (SSSR count). The smallest absolute Gasteiger partial charge is 0.252 e. The van der Waals surface area contributed by atoms with Crippen LogP contribution in [0.15, 0.2) is 24.3 Å². The molecule has 0 heterocycles. The van der Waals surface area contributed by atoms with E-state index in [0.717, 1.165) is 0 Å². The van der Waals surface area contributed by atoms with Crippen LogP contribution >= 0.6 is 0 Å². The monoisotopic (exact) mass is 192 g/mol. The summed E-state index contributed by atoms with van der Waals surface area (Å²) in [6.45, 7) is 0.793. The van der Waals surface area contributed by atoms with Gasteiger partial charge in [0.1, 0.15) is 0 Å². The van der Waals surface area contributed by atoms with E-state index in [2.05, 4.69) is 5.32 Å². The largest absolute Gasteiger partial charge is 0.351 e. The first-order chi connectivity index (χ1) is 6.79. The molecule has 0 radical (unpaired) electrons. The Balaban J connectivity index is 2.83. The molecule has 4 nitrogen and oxygen atoms in total. The van der Waals surface area contributed by atoms with Crippen molar-refractivity contribution in [2.75, 3.05) is 13.1 Å². The van der Waals surface area contributed by atoms with Crippen molar-refractivity contribution >= 4 is 12.2 Å². The predicted octanol–water partition coefficient (Wildman–Crippen LogP) is 0.188. The summed E-state index contributed by atoms with van der Waals surface area (Å²) in [6, 6.07) is 6.63. The summed E-state index contributed by atoms with van der Waals surface area (Å²) in [5.41, 5.74) is 6.02. The van der Waals surface area contributed by atoms with Gasteiger partial charge >= 0.3 is 0 Å². The van der Waals surface area contributed by atoms with Gasteiger partial charge in [-0.3, -0.25) is 9.59 Å². The fourth-order valence-corrected chi connectivity index (χ4v) is 1.09. The first-order valence-electron chi connectivity index (χ1n) is 4.32. The summed E-state index contributed by atoms with van der Waals surface area (Å²) in [4.78, 5) is 22.1. The van der Waals surface area contributed by atoms with Crippen LogP contribution in [-0.4, -0.2) is 25.3 Å². The minimum atomic E-state index is -0.266. The molecule has 0 spiro atoms. The highest BCUT2D eigenvalue weighted by molar-refractivity contribution is 6.01. The number of aldehydes is 1. The molecular weight excluding hydrogens is 180 g/mol. The zero-order chi connectivity index (χ0) is 10.4. The second-order valence-electron chi connectivity index (χ2n) is 2.75. The lowest BCUT2D eigenvalue weighted by atomic mass is 10.1. The van der Waals surface area contributed by atoms with Crippen molar-refractivity contribution in [3.8, 4) is 0 Å². The van der Waals surface area contributed by atoms with Crippen molar-refractivity contribution < 1.29 is 9.59 Å². The van der Waals surface area contributed by atoms with Gasteiger partial charge in [-0.05, 0) is 6.07 Å². The third-order valence-corrected chi connectivity index (χ3v) is 1.76. The number of amides is 1. The number of nitrogens with two attached hydrogens (primary N) is 1. The normalized spacial score (nSPS) is 9.50. The van der Waals surface area contributed by atoms with Crippen LogP contribution in [0.4, 0.5) is 0 Å². The van der Waals surface area contributed by atoms with Crippen molar-refractivity contribution in [2.24, 2.45) is 5.73 Å². The number of nitrogens with one attached hydrogen (secondary N) is 1. The van der Waals surface area contributed by atoms with Crippen molar-refractivity contribution in [2.45, 2.75) is 0 Å². The van der Waals surface area contributed by atoms with Gasteiger partial charge in [0.2, 0.25) is 0 Å². The molecule has 0 fully saturated rings. The summed E-state index contributed by atoms with van der Waals surface area (Å²) < 4.78 is 0. The first-order valence-corrected chi connectivity index (χ1v) is 4.32. The lowest BCUT2D eigenvalue weighted by Gasteiger charge is -2.04. The van der Waals surface area contributed by atoms with E-state index in [1.54, 1.807) is 24.3 Å². The third-order valence-electron chi connectivity index (χ3n) is 1.76. The number of rotatable bonds is 4. The maximum atomic E-state index is 11.5. The maximum absolute atomic E-state index is 11.5. The van der Waals surface area contributed by atoms with Gasteiger partial charge in [-0.1, -0.05) is 18.2 Å². The van der Waals surface area contributed by atoms with E-state index < -0.39 is 0 Å². The van der Waals surface area contributed by atoms with Crippen LogP contribution in [0.5, 0.6) is 0 Å². The summed E-state index contributed by atoms with van der Waals surface area (Å²) in [6.07, 6.45) is 0.664. The summed E-state index contributed by atoms with van der Waals surface area (Å²) in [5, 5.41) is 2.60. The van der Waals surface area contributed by atoms with Crippen molar-refractivity contribution in [1.29, 1.82) is 0 Å². The number of hydrogen-bond donors (Lipinski definition) is 2. The van der Waals surface area contributed by atoms with E-state index in [0.29, 0.717) is 30.5 Å². The molecule has 74 valence electrons. The zero-order valence-electron chi connectivity index (χ0n) is 7.69. The molecular formula is C10H12N2O2. The molecule has 0 atom stereocenters. The average Bonchev–Trinajstić information content (AvgIpc) is 2.25. The van der Waals surface area contributed by atoms with E-state index in [4.69, 9.17) is 5.73 Å². The number of carbonyl (C=O) groups is 2. The average molecular weight is 192 g/mol. The van der Waals surface area contributed by atoms with Crippen LogP contribution in [0.2, 0.25) is 0 Å². The minimum Gasteiger partial charge on any atom is -0.351 e. The van der Waals surface area contributed by atoms with Gasteiger partial charge in [-0.25, -0.2) is 0 Å². The lowest BCUT2D eigenvalue weighted by molar-refractivity contribution is 0.0949. The fraction of sp³-hybridized carbons (Fsp3) is 0.200. The summed E-state index contributed by atoms with van der Waals surface area (Å²) in [7, 11) is 0. The Morgan fingerprint density at radius 1 is 1.43 bits per heavy atom. The Labute approximate surface area is 82.1 Å². The Morgan fingerprint density at radius 2 is 2.14 bits per heavy atom. The number of carbonyl (C=O) groups excluding carboxylic acids is 2. The van der Waals surface area contributed by atoms with Crippen LogP contribution < -0.4 is 11.1 Å². The Hall–Kier alpha value is -1.68. The molecule has 1 aromatic rings. The van der Waals surface area contributed by atoms with Crippen molar-refractivity contribution in [1.82, 2.24) is 5.32 Å². The van der Waals surface area contributed by atoms with Gasteiger partial charge in [0.15, 0.2) is 6.29 Å². The standard InChI is InChI=1S/C10H12N2O2/c11-5-6-12-10(14)9-4-2-1-3-8(9)7-13/h1-4,7H,5-6,11H2,(H,12,14). The van der Waals surface area contributed by atoms with E-state index in [1.807, 2.05) is 0 Å². The molecule has 0 aromatic heterocycles. The van der Waals surface area contributed by atoms with Gasteiger partial charge in [0.05, 0.1) is 0 Å². The minimum absolute atomic E-state index is 0.266. The quantitative estimate of drug-likeness (QED) is 0.669. The van der Waals surface area contributed by atoms with Crippen LogP contribution in [0.25, 0.3) is 0 Å². The molecule has 14 heavy (non-hydrogen) atoms. The molecule has 0 aliphatic carbocycles. The molecule has 1 amide bonds. The molecule has 4 heteroatoms. The van der Waals surface area contributed by atoms with E-state index in [1.165, 1.54) is 0 Å². The first kappa shape index (κ1) is 10.4. The van der Waals surface area contributed by atoms with Crippen molar-refractivity contribution in [3.63, 3.8) is 0 Å². The van der Waals surface area contributed by atoms with E-state index >= 15 is 0 Å². The highest BCUT2D eigenvalue weighted by Crippen LogP contribution is 2.05. The molecule has 0 aliphatic heterocycles. The maximum Gasteiger partial charge on any atom is 0.252 e. The predicted molar refractivity (Wildman–Crippen MR) is 53.2 cm³/mol. The van der Waals surface area contributed by atoms with Crippen LogP contribution in [0.3, 0.4) is 0 Å². The third kappa shape index (κ3) is 2.40. The van der Waals surface area contributed by atoms with Crippen molar-refractivity contribution in [3.05, 3.63) is 35.4 Å². The second-order valence-corrected chi connectivity index (χ2v) is 2.75. The SMILES string of the molecule is NCCNC(=O)c1ccccc1C=O. The van der Waals surface area contributed by atoms with Gasteiger partial charge in [-0.15, -0.1) is 0 Å². The Kier molecular flexibility index (Phi) is 3.82. The molecule has 0 unspecified atom stereocenters. The lowest BCUT2D eigenvalue weighted by Crippen LogP contribution is -2.29. The molecule has 0 aliphatic rings. The molecule has 3 N–H and O–H groups in total. The fourth-order valence-electron chi connectivity index (χ4n) is 1.09.